The van der Waals surface area contributed by atoms with E-state index < -0.39 is 0 Å². The second kappa shape index (κ2) is 7.10. The fraction of sp³-hybridized carbons (Fsp3) is 0.818. The molecule has 76 valence electrons. The fourth-order valence-electron chi connectivity index (χ4n) is 1.73. The first-order chi connectivity index (χ1) is 6.43. The summed E-state index contributed by atoms with van der Waals surface area (Å²) < 4.78 is 0. The van der Waals surface area contributed by atoms with Crippen LogP contribution in [0.25, 0.3) is 0 Å². The lowest BCUT2D eigenvalue weighted by atomic mass is 9.97. The van der Waals surface area contributed by atoms with Crippen molar-refractivity contribution in [1.29, 1.82) is 0 Å². The van der Waals surface area contributed by atoms with E-state index in [1.165, 1.54) is 32.1 Å². The number of allylic oxidation sites excluding steroid dienone is 1. The van der Waals surface area contributed by atoms with Gasteiger partial charge in [-0.05, 0) is 58.2 Å². The molecule has 2 heteroatoms. The van der Waals surface area contributed by atoms with Crippen molar-refractivity contribution < 1.29 is 0 Å². The first-order valence-corrected chi connectivity index (χ1v) is 5.52. The van der Waals surface area contributed by atoms with Gasteiger partial charge in [0.15, 0.2) is 0 Å². The molecule has 0 amide bonds. The Hall–Kier alpha value is -0.340. The van der Waals surface area contributed by atoms with Crippen LogP contribution >= 0.6 is 0 Å². The van der Waals surface area contributed by atoms with Crippen LogP contribution < -0.4 is 11.1 Å². The maximum atomic E-state index is 5.40. The Morgan fingerprint density at radius 2 is 2.23 bits per heavy atom. The molecule has 0 unspecified atom stereocenters. The molecule has 0 fully saturated rings. The molecule has 0 saturated heterocycles. The van der Waals surface area contributed by atoms with Crippen molar-refractivity contribution >= 4 is 0 Å². The van der Waals surface area contributed by atoms with Gasteiger partial charge in [0.2, 0.25) is 0 Å². The van der Waals surface area contributed by atoms with Gasteiger partial charge in [0.1, 0.15) is 0 Å². The minimum atomic E-state index is 0.801. The number of hydrogen-bond acceptors (Lipinski definition) is 2. The lowest BCUT2D eigenvalue weighted by molar-refractivity contribution is 0.619. The van der Waals surface area contributed by atoms with Crippen LogP contribution in [0.1, 0.15) is 38.5 Å². The Labute approximate surface area is 81.6 Å². The quantitative estimate of drug-likeness (QED) is 0.486. The summed E-state index contributed by atoms with van der Waals surface area (Å²) in [6, 6.07) is 0. The van der Waals surface area contributed by atoms with Crippen molar-refractivity contribution in [2.45, 2.75) is 38.5 Å². The summed E-state index contributed by atoms with van der Waals surface area (Å²) in [6.45, 7) is 3.01. The Morgan fingerprint density at radius 3 is 2.92 bits per heavy atom. The molecule has 0 atom stereocenters. The highest BCUT2D eigenvalue weighted by atomic mass is 14.8. The van der Waals surface area contributed by atoms with Gasteiger partial charge in [0.25, 0.3) is 0 Å². The minimum Gasteiger partial charge on any atom is -0.330 e. The van der Waals surface area contributed by atoms with Gasteiger partial charge in [-0.25, -0.2) is 0 Å². The van der Waals surface area contributed by atoms with E-state index in [-0.39, 0.29) is 0 Å². The van der Waals surface area contributed by atoms with Gasteiger partial charge in [-0.15, -0.1) is 0 Å². The lowest BCUT2D eigenvalue weighted by Gasteiger charge is -2.12. The van der Waals surface area contributed by atoms with Crippen LogP contribution in [0.15, 0.2) is 11.6 Å². The molecule has 0 aliphatic heterocycles. The van der Waals surface area contributed by atoms with Gasteiger partial charge in [0, 0.05) is 0 Å². The third-order valence-corrected chi connectivity index (χ3v) is 2.57. The molecule has 2 nitrogen and oxygen atoms in total. The largest absolute Gasteiger partial charge is 0.330 e. The van der Waals surface area contributed by atoms with Crippen molar-refractivity contribution in [3.63, 3.8) is 0 Å². The highest BCUT2D eigenvalue weighted by Crippen LogP contribution is 2.19. The van der Waals surface area contributed by atoms with Crippen LogP contribution in [0.5, 0.6) is 0 Å². The number of rotatable bonds is 6. The van der Waals surface area contributed by atoms with Crippen LogP contribution in [-0.2, 0) is 0 Å². The zero-order chi connectivity index (χ0) is 9.36. The molecule has 0 bridgehead atoms. The van der Waals surface area contributed by atoms with Gasteiger partial charge in [0.05, 0.1) is 0 Å². The second-order valence-corrected chi connectivity index (χ2v) is 3.75. The van der Waals surface area contributed by atoms with E-state index in [1.807, 2.05) is 0 Å². The van der Waals surface area contributed by atoms with Crippen LogP contribution in [0, 0.1) is 0 Å². The Morgan fingerprint density at radius 1 is 1.31 bits per heavy atom. The summed E-state index contributed by atoms with van der Waals surface area (Å²) >= 11 is 0. The van der Waals surface area contributed by atoms with Gasteiger partial charge >= 0.3 is 0 Å². The Kier molecular flexibility index (Phi) is 5.87. The molecule has 1 rings (SSSR count). The predicted molar refractivity (Wildman–Crippen MR) is 57.7 cm³/mol. The van der Waals surface area contributed by atoms with E-state index in [0.29, 0.717) is 0 Å². The highest BCUT2D eigenvalue weighted by molar-refractivity contribution is 5.04. The van der Waals surface area contributed by atoms with Gasteiger partial charge < -0.3 is 11.1 Å². The topological polar surface area (TPSA) is 38.0 Å². The third kappa shape index (κ3) is 5.06. The predicted octanol–water partition coefficient (Wildman–Crippen LogP) is 1.82. The van der Waals surface area contributed by atoms with E-state index in [9.17, 15) is 0 Å². The van der Waals surface area contributed by atoms with Crippen LogP contribution in [-0.4, -0.2) is 19.6 Å². The SMILES string of the molecule is NCCCNCCC1=CCCCC1. The summed E-state index contributed by atoms with van der Waals surface area (Å²) in [5, 5.41) is 3.41. The number of nitrogens with two attached hydrogens (primary N) is 1. The van der Waals surface area contributed by atoms with Crippen molar-refractivity contribution in [1.82, 2.24) is 5.32 Å². The third-order valence-electron chi connectivity index (χ3n) is 2.57. The normalized spacial score (nSPS) is 17.2. The standard InChI is InChI=1S/C11H22N2/c12-8-4-9-13-10-7-11-5-2-1-3-6-11/h5,13H,1-4,6-10,12H2. The first kappa shape index (κ1) is 10.7. The number of hydrogen-bond donors (Lipinski definition) is 2. The van der Waals surface area contributed by atoms with E-state index >= 15 is 0 Å². The molecule has 0 aromatic heterocycles. The van der Waals surface area contributed by atoms with Gasteiger partial charge in [-0.3, -0.25) is 0 Å². The molecule has 0 spiro atoms. The van der Waals surface area contributed by atoms with Crippen LogP contribution in [0.4, 0.5) is 0 Å². The maximum Gasteiger partial charge on any atom is -0.00116 e. The molecule has 1 aliphatic rings. The fourth-order valence-corrected chi connectivity index (χ4v) is 1.73. The molecule has 0 radical (unpaired) electrons. The molecule has 0 saturated carbocycles. The zero-order valence-corrected chi connectivity index (χ0v) is 8.52. The van der Waals surface area contributed by atoms with Crippen molar-refractivity contribution in [2.75, 3.05) is 19.6 Å². The summed E-state index contributed by atoms with van der Waals surface area (Å²) in [7, 11) is 0. The van der Waals surface area contributed by atoms with E-state index in [0.717, 1.165) is 26.1 Å². The highest BCUT2D eigenvalue weighted by Gasteiger charge is 2.02. The Bertz CT molecular complexity index is 152. The first-order valence-electron chi connectivity index (χ1n) is 5.52. The monoisotopic (exact) mass is 182 g/mol. The summed E-state index contributed by atoms with van der Waals surface area (Å²) in [5.74, 6) is 0. The van der Waals surface area contributed by atoms with Crippen molar-refractivity contribution in [2.24, 2.45) is 5.73 Å². The van der Waals surface area contributed by atoms with E-state index in [2.05, 4.69) is 11.4 Å². The second-order valence-electron chi connectivity index (χ2n) is 3.75. The lowest BCUT2D eigenvalue weighted by Crippen LogP contribution is -2.19. The maximum absolute atomic E-state index is 5.40. The molecular weight excluding hydrogens is 160 g/mol. The summed E-state index contributed by atoms with van der Waals surface area (Å²) in [4.78, 5) is 0. The zero-order valence-electron chi connectivity index (χ0n) is 8.52. The minimum absolute atomic E-state index is 0.801. The van der Waals surface area contributed by atoms with Gasteiger partial charge in [-0.1, -0.05) is 11.6 Å². The average molecular weight is 182 g/mol. The van der Waals surface area contributed by atoms with Crippen LogP contribution in [0.2, 0.25) is 0 Å². The van der Waals surface area contributed by atoms with Gasteiger partial charge in [-0.2, -0.15) is 0 Å². The average Bonchev–Trinajstić information content (AvgIpc) is 2.19. The van der Waals surface area contributed by atoms with Crippen molar-refractivity contribution in [3.05, 3.63) is 11.6 Å². The van der Waals surface area contributed by atoms with Crippen molar-refractivity contribution in [3.8, 4) is 0 Å². The van der Waals surface area contributed by atoms with E-state index in [4.69, 9.17) is 5.73 Å². The molecule has 3 N–H and O–H groups in total. The molecule has 0 aromatic rings. The summed E-state index contributed by atoms with van der Waals surface area (Å²) in [6.07, 6.45) is 10.2. The van der Waals surface area contributed by atoms with E-state index in [1.54, 1.807) is 5.57 Å². The molecule has 1 aliphatic carbocycles. The Balaban J connectivity index is 1.95. The molecule has 0 aromatic carbocycles. The smallest absolute Gasteiger partial charge is 0.00116 e. The summed E-state index contributed by atoms with van der Waals surface area (Å²) in [5.41, 5.74) is 7.06. The molecule has 13 heavy (non-hydrogen) atoms. The van der Waals surface area contributed by atoms with Crippen LogP contribution in [0.3, 0.4) is 0 Å². The molecule has 0 heterocycles. The number of nitrogens with one attached hydrogen (secondary N) is 1. The molecular formula is C11H22N2.